The Bertz CT molecular complexity index is 274. The number of aldehydes is 1. The molecule has 1 rings (SSSR count). The maximum atomic E-state index is 13.0. The average molecular weight is 151 g/mol. The van der Waals surface area contributed by atoms with Crippen molar-refractivity contribution in [3.63, 3.8) is 0 Å². The summed E-state index contributed by atoms with van der Waals surface area (Å²) in [4.78, 5) is 10.1. The molecule has 0 saturated heterocycles. The SMILES string of the molecule is N#CC1(F)C=CC(C=O)=CC1. The van der Waals surface area contributed by atoms with Gasteiger partial charge in [-0.3, -0.25) is 4.79 Å². The van der Waals surface area contributed by atoms with E-state index < -0.39 is 5.67 Å². The Morgan fingerprint density at radius 2 is 2.55 bits per heavy atom. The van der Waals surface area contributed by atoms with Crippen LogP contribution < -0.4 is 0 Å². The molecule has 0 amide bonds. The van der Waals surface area contributed by atoms with Crippen molar-refractivity contribution in [2.45, 2.75) is 12.1 Å². The zero-order valence-corrected chi connectivity index (χ0v) is 5.75. The first-order valence-electron chi connectivity index (χ1n) is 3.15. The topological polar surface area (TPSA) is 40.9 Å². The lowest BCUT2D eigenvalue weighted by Crippen LogP contribution is -2.18. The summed E-state index contributed by atoms with van der Waals surface area (Å²) >= 11 is 0. The van der Waals surface area contributed by atoms with Gasteiger partial charge >= 0.3 is 0 Å². The fraction of sp³-hybridized carbons (Fsp3) is 0.250. The molecule has 0 saturated carbocycles. The molecule has 1 aliphatic rings. The van der Waals surface area contributed by atoms with E-state index in [1.807, 2.05) is 0 Å². The molecule has 1 unspecified atom stereocenters. The fourth-order valence-corrected chi connectivity index (χ4v) is 0.801. The molecule has 0 radical (unpaired) electrons. The van der Waals surface area contributed by atoms with Crippen LogP contribution in [-0.4, -0.2) is 12.0 Å². The molecule has 2 nitrogen and oxygen atoms in total. The average Bonchev–Trinajstić information content (AvgIpc) is 2.06. The molecule has 0 heterocycles. The van der Waals surface area contributed by atoms with Gasteiger partial charge in [0, 0.05) is 12.0 Å². The number of hydrogen-bond acceptors (Lipinski definition) is 2. The first-order chi connectivity index (χ1) is 5.20. The summed E-state index contributed by atoms with van der Waals surface area (Å²) in [5.74, 6) is 0. The van der Waals surface area contributed by atoms with Crippen LogP contribution in [-0.2, 0) is 4.79 Å². The lowest BCUT2D eigenvalue weighted by Gasteiger charge is -2.13. The molecule has 1 aliphatic carbocycles. The Balaban J connectivity index is 2.80. The Labute approximate surface area is 63.6 Å². The highest BCUT2D eigenvalue weighted by molar-refractivity contribution is 5.78. The van der Waals surface area contributed by atoms with Crippen LogP contribution in [0.15, 0.2) is 23.8 Å². The standard InChI is InChI=1S/C8H6FNO/c9-8(6-10)3-1-7(5-11)2-4-8/h1-3,5H,4H2. The largest absolute Gasteiger partial charge is 0.298 e. The van der Waals surface area contributed by atoms with Crippen LogP contribution in [0.2, 0.25) is 0 Å². The van der Waals surface area contributed by atoms with Crippen molar-refractivity contribution >= 4 is 6.29 Å². The van der Waals surface area contributed by atoms with Gasteiger partial charge in [0.2, 0.25) is 5.67 Å². The van der Waals surface area contributed by atoms with Gasteiger partial charge in [0.15, 0.2) is 0 Å². The van der Waals surface area contributed by atoms with Crippen molar-refractivity contribution in [1.82, 2.24) is 0 Å². The van der Waals surface area contributed by atoms with Crippen molar-refractivity contribution in [2.75, 3.05) is 0 Å². The molecule has 3 heteroatoms. The number of halogens is 1. The highest BCUT2D eigenvalue weighted by atomic mass is 19.1. The van der Waals surface area contributed by atoms with Crippen molar-refractivity contribution in [3.8, 4) is 6.07 Å². The van der Waals surface area contributed by atoms with Crippen molar-refractivity contribution in [1.29, 1.82) is 5.26 Å². The molecule has 0 fully saturated rings. The van der Waals surface area contributed by atoms with Crippen LogP contribution in [0.4, 0.5) is 4.39 Å². The zero-order valence-electron chi connectivity index (χ0n) is 5.75. The molecule has 0 aliphatic heterocycles. The Morgan fingerprint density at radius 3 is 2.91 bits per heavy atom. The van der Waals surface area contributed by atoms with Gasteiger partial charge in [0.05, 0.1) is 0 Å². The highest BCUT2D eigenvalue weighted by Gasteiger charge is 2.26. The summed E-state index contributed by atoms with van der Waals surface area (Å²) in [6, 6.07) is 1.51. The molecule has 0 aromatic carbocycles. The third-order valence-corrected chi connectivity index (χ3v) is 1.50. The van der Waals surface area contributed by atoms with E-state index in [4.69, 9.17) is 5.26 Å². The molecular weight excluding hydrogens is 145 g/mol. The first kappa shape index (κ1) is 7.67. The number of alkyl halides is 1. The van der Waals surface area contributed by atoms with Gasteiger partial charge in [-0.1, -0.05) is 12.2 Å². The zero-order chi connectivity index (χ0) is 8.32. The molecule has 56 valence electrons. The second-order valence-electron chi connectivity index (χ2n) is 2.33. The van der Waals surface area contributed by atoms with E-state index in [-0.39, 0.29) is 6.42 Å². The van der Waals surface area contributed by atoms with Gasteiger partial charge in [0.1, 0.15) is 12.4 Å². The Hall–Kier alpha value is -1.43. The lowest BCUT2D eigenvalue weighted by molar-refractivity contribution is -0.104. The summed E-state index contributed by atoms with van der Waals surface area (Å²) in [6.07, 6.45) is 4.44. The van der Waals surface area contributed by atoms with E-state index in [0.717, 1.165) is 6.08 Å². The van der Waals surface area contributed by atoms with E-state index in [1.165, 1.54) is 18.2 Å². The molecule has 0 aromatic rings. The number of allylic oxidation sites excluding steroid dienone is 4. The Morgan fingerprint density at radius 1 is 1.82 bits per heavy atom. The van der Waals surface area contributed by atoms with Crippen molar-refractivity contribution in [3.05, 3.63) is 23.8 Å². The Kier molecular flexibility index (Phi) is 1.86. The number of carbonyl (C=O) groups is 1. The maximum absolute atomic E-state index is 13.0. The van der Waals surface area contributed by atoms with Crippen LogP contribution in [0.3, 0.4) is 0 Å². The molecule has 11 heavy (non-hydrogen) atoms. The molecule has 0 spiro atoms. The van der Waals surface area contributed by atoms with Crippen molar-refractivity contribution < 1.29 is 9.18 Å². The van der Waals surface area contributed by atoms with E-state index in [2.05, 4.69) is 0 Å². The van der Waals surface area contributed by atoms with E-state index >= 15 is 0 Å². The second kappa shape index (κ2) is 2.67. The lowest BCUT2D eigenvalue weighted by atomic mass is 9.96. The number of carbonyl (C=O) groups excluding carboxylic acids is 1. The molecule has 0 N–H and O–H groups in total. The van der Waals surface area contributed by atoms with Crippen LogP contribution in [0.25, 0.3) is 0 Å². The molecule has 1 atom stereocenters. The smallest absolute Gasteiger partial charge is 0.218 e. The van der Waals surface area contributed by atoms with Gasteiger partial charge < -0.3 is 0 Å². The second-order valence-corrected chi connectivity index (χ2v) is 2.33. The normalized spacial score (nSPS) is 28.9. The van der Waals surface area contributed by atoms with Crippen LogP contribution in [0.1, 0.15) is 6.42 Å². The van der Waals surface area contributed by atoms with Crippen LogP contribution >= 0.6 is 0 Å². The fourth-order valence-electron chi connectivity index (χ4n) is 0.801. The number of rotatable bonds is 1. The molecule has 0 bridgehead atoms. The van der Waals surface area contributed by atoms with E-state index in [9.17, 15) is 9.18 Å². The minimum absolute atomic E-state index is 0.0337. The minimum atomic E-state index is -1.91. The number of nitrogens with zero attached hydrogens (tertiary/aromatic N) is 1. The molecule has 0 aromatic heterocycles. The van der Waals surface area contributed by atoms with Crippen LogP contribution in [0, 0.1) is 11.3 Å². The first-order valence-corrected chi connectivity index (χ1v) is 3.15. The number of hydrogen-bond donors (Lipinski definition) is 0. The van der Waals surface area contributed by atoms with Gasteiger partial charge in [-0.05, 0) is 6.08 Å². The summed E-state index contributed by atoms with van der Waals surface area (Å²) in [5.41, 5.74) is -1.49. The van der Waals surface area contributed by atoms with Gasteiger partial charge in [-0.25, -0.2) is 4.39 Å². The van der Waals surface area contributed by atoms with Crippen molar-refractivity contribution in [2.24, 2.45) is 0 Å². The number of nitriles is 1. The van der Waals surface area contributed by atoms with Crippen LogP contribution in [0.5, 0.6) is 0 Å². The summed E-state index contributed by atoms with van der Waals surface area (Å²) < 4.78 is 13.0. The van der Waals surface area contributed by atoms with Gasteiger partial charge in [-0.15, -0.1) is 0 Å². The summed E-state index contributed by atoms with van der Waals surface area (Å²) in [7, 11) is 0. The van der Waals surface area contributed by atoms with E-state index in [0.29, 0.717) is 11.9 Å². The predicted molar refractivity (Wildman–Crippen MR) is 37.4 cm³/mol. The predicted octanol–water partition coefficient (Wildman–Crippen LogP) is 1.30. The van der Waals surface area contributed by atoms with Gasteiger partial charge in [0.25, 0.3) is 0 Å². The third kappa shape index (κ3) is 1.53. The minimum Gasteiger partial charge on any atom is -0.298 e. The summed E-state index contributed by atoms with van der Waals surface area (Å²) in [5, 5.41) is 8.32. The summed E-state index contributed by atoms with van der Waals surface area (Å²) in [6.45, 7) is 0. The third-order valence-electron chi connectivity index (χ3n) is 1.50. The highest BCUT2D eigenvalue weighted by Crippen LogP contribution is 2.23. The van der Waals surface area contributed by atoms with E-state index in [1.54, 1.807) is 0 Å². The quantitative estimate of drug-likeness (QED) is 0.530. The molecular formula is C8H6FNO. The van der Waals surface area contributed by atoms with Gasteiger partial charge in [-0.2, -0.15) is 5.26 Å². The maximum Gasteiger partial charge on any atom is 0.218 e. The monoisotopic (exact) mass is 151 g/mol.